The molecule has 0 aromatic carbocycles. The van der Waals surface area contributed by atoms with Gasteiger partial charge in [-0.25, -0.2) is 8.78 Å². The van der Waals surface area contributed by atoms with Crippen LogP contribution in [0.3, 0.4) is 0 Å². The minimum absolute atomic E-state index is 0.0492. The van der Waals surface area contributed by atoms with Crippen LogP contribution in [0.1, 0.15) is 19.8 Å². The molecule has 2 aliphatic carbocycles. The van der Waals surface area contributed by atoms with Gasteiger partial charge < -0.3 is 14.9 Å². The number of ether oxygens (including phenoxy) is 1. The molecule has 3 nitrogen and oxygen atoms in total. The van der Waals surface area contributed by atoms with Gasteiger partial charge in [-0.1, -0.05) is 0 Å². The third-order valence-corrected chi connectivity index (χ3v) is 3.89. The molecule has 5 heteroatoms. The van der Waals surface area contributed by atoms with E-state index in [1.54, 1.807) is 0 Å². The molecule has 0 unspecified atom stereocenters. The van der Waals surface area contributed by atoms with Crippen LogP contribution >= 0.6 is 0 Å². The van der Waals surface area contributed by atoms with Crippen LogP contribution in [0.2, 0.25) is 0 Å². The third-order valence-electron chi connectivity index (χ3n) is 3.89. The van der Waals surface area contributed by atoms with E-state index in [0.29, 0.717) is 0 Å². The zero-order chi connectivity index (χ0) is 10.4. The van der Waals surface area contributed by atoms with Gasteiger partial charge in [-0.3, -0.25) is 0 Å². The van der Waals surface area contributed by atoms with Crippen LogP contribution in [-0.4, -0.2) is 45.5 Å². The number of hydrogen-bond donors (Lipinski definition) is 2. The van der Waals surface area contributed by atoms with Crippen LogP contribution in [0, 0.1) is 0 Å². The molecule has 2 N–H and O–H groups in total. The van der Waals surface area contributed by atoms with Gasteiger partial charge in [0.05, 0.1) is 6.10 Å². The van der Waals surface area contributed by atoms with Crippen LogP contribution in [0.4, 0.5) is 8.78 Å². The monoisotopic (exact) mass is 206 g/mol. The maximum atomic E-state index is 13.7. The molecular weight excluding hydrogens is 194 g/mol. The largest absolute Gasteiger partial charge is 0.384 e. The highest BCUT2D eigenvalue weighted by molar-refractivity contribution is 5.36. The van der Waals surface area contributed by atoms with E-state index in [2.05, 4.69) is 0 Å². The second-order valence-corrected chi connectivity index (χ2v) is 4.86. The van der Waals surface area contributed by atoms with E-state index in [0.717, 1.165) is 0 Å². The highest BCUT2D eigenvalue weighted by Gasteiger charge is 2.86. The van der Waals surface area contributed by atoms with E-state index in [4.69, 9.17) is 4.74 Å². The molecule has 0 aromatic heterocycles. The number of alkyl halides is 2. The average molecular weight is 206 g/mol. The molecule has 14 heavy (non-hydrogen) atoms. The van der Waals surface area contributed by atoms with Crippen molar-refractivity contribution in [3.05, 3.63) is 0 Å². The Bertz CT molecular complexity index is 312. The van der Waals surface area contributed by atoms with Gasteiger partial charge in [0.2, 0.25) is 0 Å². The van der Waals surface area contributed by atoms with Gasteiger partial charge in [0.15, 0.2) is 6.17 Å². The molecule has 0 bridgehead atoms. The first kappa shape index (κ1) is 9.00. The Morgan fingerprint density at radius 3 is 2.57 bits per heavy atom. The van der Waals surface area contributed by atoms with Crippen molar-refractivity contribution in [1.29, 1.82) is 0 Å². The first-order valence-corrected chi connectivity index (χ1v) is 4.77. The predicted octanol–water partition coefficient (Wildman–Crippen LogP) is 0.0897. The summed E-state index contributed by atoms with van der Waals surface area (Å²) in [6, 6.07) is 0. The summed E-state index contributed by atoms with van der Waals surface area (Å²) in [7, 11) is 0. The minimum atomic E-state index is -1.84. The van der Waals surface area contributed by atoms with Crippen molar-refractivity contribution in [2.75, 3.05) is 0 Å². The van der Waals surface area contributed by atoms with Crippen LogP contribution in [0.25, 0.3) is 0 Å². The molecular formula is C9H12F2O3. The summed E-state index contributed by atoms with van der Waals surface area (Å²) >= 11 is 0. The van der Waals surface area contributed by atoms with Crippen LogP contribution in [0.5, 0.6) is 0 Å². The lowest BCUT2D eigenvalue weighted by molar-refractivity contribution is -0.0986. The van der Waals surface area contributed by atoms with E-state index >= 15 is 0 Å². The van der Waals surface area contributed by atoms with Gasteiger partial charge in [-0.15, -0.1) is 0 Å². The molecule has 6 atom stereocenters. The zero-order valence-corrected chi connectivity index (χ0v) is 7.70. The number of aliphatic hydroxyl groups is 2. The van der Waals surface area contributed by atoms with Crippen molar-refractivity contribution >= 4 is 0 Å². The summed E-state index contributed by atoms with van der Waals surface area (Å²) in [5.74, 6) is 0. The maximum Gasteiger partial charge on any atom is 0.157 e. The minimum Gasteiger partial charge on any atom is -0.384 e. The van der Waals surface area contributed by atoms with Crippen molar-refractivity contribution in [2.45, 2.75) is 55.0 Å². The average Bonchev–Trinajstić information content (AvgIpc) is 2.46. The molecule has 0 amide bonds. The standard InChI is InChI=1S/C9H12F2O3/c1-4-5(10)8(12)2-7(11)3-9(7,13)6(8)14-4/h4-6,12-13H,2-3H2,1H3/t4-,5-,6-,7-,8-,9-/m0/s1. The SMILES string of the molecule is C[C@@H]1O[C@H]2[C@](O)(C[C@]3(F)C[C@]23O)[C@H]1F. The third kappa shape index (κ3) is 0.677. The summed E-state index contributed by atoms with van der Waals surface area (Å²) in [5.41, 5.74) is -5.32. The van der Waals surface area contributed by atoms with Crippen molar-refractivity contribution < 1.29 is 23.7 Å². The van der Waals surface area contributed by atoms with Crippen LogP contribution in [0.15, 0.2) is 0 Å². The molecule has 0 spiro atoms. The Kier molecular flexibility index (Phi) is 1.28. The summed E-state index contributed by atoms with van der Waals surface area (Å²) in [4.78, 5) is 0. The molecule has 80 valence electrons. The Hall–Kier alpha value is -0.260. The lowest BCUT2D eigenvalue weighted by Crippen LogP contribution is -2.47. The normalized spacial score (nSPS) is 70.5. The second-order valence-electron chi connectivity index (χ2n) is 4.86. The fraction of sp³-hybridized carbons (Fsp3) is 1.00. The van der Waals surface area contributed by atoms with E-state index in [9.17, 15) is 19.0 Å². The molecule has 1 heterocycles. The number of hydrogen-bond acceptors (Lipinski definition) is 3. The molecule has 1 aliphatic heterocycles. The summed E-state index contributed by atoms with van der Waals surface area (Å²) < 4.78 is 32.3. The Morgan fingerprint density at radius 1 is 1.36 bits per heavy atom. The van der Waals surface area contributed by atoms with Crippen LogP contribution < -0.4 is 0 Å². The Morgan fingerprint density at radius 2 is 2.00 bits per heavy atom. The smallest absolute Gasteiger partial charge is 0.157 e. The first-order chi connectivity index (χ1) is 6.33. The quantitative estimate of drug-likeness (QED) is 0.590. The number of halogens is 2. The highest BCUT2D eigenvalue weighted by atomic mass is 19.1. The first-order valence-electron chi connectivity index (χ1n) is 4.77. The second kappa shape index (κ2) is 1.99. The Labute approximate surface area is 79.7 Å². The van der Waals surface area contributed by atoms with Crippen molar-refractivity contribution in [3.8, 4) is 0 Å². The summed E-state index contributed by atoms with van der Waals surface area (Å²) in [6.45, 7) is 1.48. The molecule has 2 saturated carbocycles. The lowest BCUT2D eigenvalue weighted by atomic mass is 9.90. The topological polar surface area (TPSA) is 49.7 Å². The fourth-order valence-electron chi connectivity index (χ4n) is 3.04. The molecule has 3 aliphatic rings. The molecule has 0 aromatic rings. The van der Waals surface area contributed by atoms with Gasteiger partial charge in [-0.05, 0) is 6.92 Å². The fourth-order valence-corrected chi connectivity index (χ4v) is 3.04. The maximum absolute atomic E-state index is 13.7. The van der Waals surface area contributed by atoms with Crippen molar-refractivity contribution in [3.63, 3.8) is 0 Å². The van der Waals surface area contributed by atoms with Crippen molar-refractivity contribution in [2.24, 2.45) is 0 Å². The lowest BCUT2D eigenvalue weighted by Gasteiger charge is -2.26. The highest BCUT2D eigenvalue weighted by Crippen LogP contribution is 2.69. The number of rotatable bonds is 0. The molecule has 3 fully saturated rings. The van der Waals surface area contributed by atoms with Crippen molar-refractivity contribution in [1.82, 2.24) is 0 Å². The Balaban J connectivity index is 2.02. The summed E-state index contributed by atoms with van der Waals surface area (Å²) in [5, 5.41) is 19.7. The molecule has 1 saturated heterocycles. The van der Waals surface area contributed by atoms with Gasteiger partial charge >= 0.3 is 0 Å². The molecule has 3 rings (SSSR count). The van der Waals surface area contributed by atoms with E-state index < -0.39 is 35.3 Å². The summed E-state index contributed by atoms with van der Waals surface area (Å²) in [6.07, 6.45) is -3.90. The zero-order valence-electron chi connectivity index (χ0n) is 7.70. The van der Waals surface area contributed by atoms with Gasteiger partial charge in [-0.2, -0.15) is 0 Å². The van der Waals surface area contributed by atoms with Gasteiger partial charge in [0.25, 0.3) is 0 Å². The van der Waals surface area contributed by atoms with E-state index in [1.165, 1.54) is 6.92 Å². The van der Waals surface area contributed by atoms with Gasteiger partial charge in [0.1, 0.15) is 23.0 Å². The van der Waals surface area contributed by atoms with Gasteiger partial charge in [0, 0.05) is 12.8 Å². The predicted molar refractivity (Wildman–Crippen MR) is 42.2 cm³/mol. The van der Waals surface area contributed by atoms with Crippen LogP contribution in [-0.2, 0) is 4.74 Å². The number of fused-ring (bicyclic) bond motifs is 3. The molecule has 0 radical (unpaired) electrons. The van der Waals surface area contributed by atoms with E-state index in [-0.39, 0.29) is 12.8 Å². The van der Waals surface area contributed by atoms with E-state index in [1.807, 2.05) is 0 Å².